The molecule has 0 aromatic heterocycles. The van der Waals surface area contributed by atoms with E-state index in [1.807, 2.05) is 6.07 Å². The lowest BCUT2D eigenvalue weighted by molar-refractivity contribution is -0.144. The molecule has 12 heavy (non-hydrogen) atoms. The smallest absolute Gasteiger partial charge is 0.323 e. The van der Waals surface area contributed by atoms with Crippen molar-refractivity contribution in [2.24, 2.45) is 0 Å². The highest BCUT2D eigenvalue weighted by Gasteiger charge is 2.31. The van der Waals surface area contributed by atoms with Crippen molar-refractivity contribution in [1.82, 2.24) is 5.32 Å². The zero-order valence-electron chi connectivity index (χ0n) is 7.59. The molecule has 0 spiro atoms. The number of carboxylic acid groups (broad SMARTS) is 1. The zero-order valence-corrected chi connectivity index (χ0v) is 7.59. The molecule has 4 nitrogen and oxygen atoms in total. The number of hydrogen-bond donors (Lipinski definition) is 2. The Morgan fingerprint density at radius 2 is 2.33 bits per heavy atom. The predicted molar refractivity (Wildman–Crippen MR) is 44.5 cm³/mol. The van der Waals surface area contributed by atoms with Gasteiger partial charge in [0, 0.05) is 0 Å². The van der Waals surface area contributed by atoms with Crippen LogP contribution in [-0.4, -0.2) is 22.7 Å². The second-order valence-corrected chi connectivity index (χ2v) is 2.99. The van der Waals surface area contributed by atoms with Crippen molar-refractivity contribution in [3.8, 4) is 6.07 Å². The van der Waals surface area contributed by atoms with Gasteiger partial charge >= 0.3 is 5.97 Å². The molecular weight excluding hydrogens is 156 g/mol. The van der Waals surface area contributed by atoms with E-state index >= 15 is 0 Å². The molecular formula is C8H14N2O2. The third-order valence-corrected chi connectivity index (χ3v) is 1.91. The van der Waals surface area contributed by atoms with Crippen LogP contribution >= 0.6 is 0 Å². The van der Waals surface area contributed by atoms with Crippen LogP contribution in [0.1, 0.15) is 27.2 Å². The molecule has 0 aliphatic heterocycles. The number of hydrogen-bond acceptors (Lipinski definition) is 3. The zero-order chi connectivity index (χ0) is 9.78. The number of nitrogens with zero attached hydrogens (tertiary/aromatic N) is 1. The molecule has 0 rings (SSSR count). The van der Waals surface area contributed by atoms with E-state index in [2.05, 4.69) is 5.32 Å². The monoisotopic (exact) mass is 170 g/mol. The van der Waals surface area contributed by atoms with Gasteiger partial charge in [-0.2, -0.15) is 5.26 Å². The standard InChI is InChI=1S/C8H14N2O2/c1-4-8(3,7(11)12)10-6(2)5-9/h6,10H,4H2,1-3H3,(H,11,12). The van der Waals surface area contributed by atoms with Gasteiger partial charge in [-0.15, -0.1) is 0 Å². The Labute approximate surface area is 72.2 Å². The van der Waals surface area contributed by atoms with E-state index in [9.17, 15) is 4.79 Å². The summed E-state index contributed by atoms with van der Waals surface area (Å²) in [5.74, 6) is -0.924. The Hall–Kier alpha value is -1.08. The van der Waals surface area contributed by atoms with E-state index in [0.717, 1.165) is 0 Å². The van der Waals surface area contributed by atoms with E-state index in [1.54, 1.807) is 20.8 Å². The summed E-state index contributed by atoms with van der Waals surface area (Å²) in [6, 6.07) is 1.50. The molecule has 0 fully saturated rings. The third kappa shape index (κ3) is 2.51. The number of carbonyl (C=O) groups is 1. The van der Waals surface area contributed by atoms with Crippen molar-refractivity contribution in [1.29, 1.82) is 5.26 Å². The normalized spacial score (nSPS) is 17.5. The highest BCUT2D eigenvalue weighted by molar-refractivity contribution is 5.78. The molecule has 0 saturated carbocycles. The summed E-state index contributed by atoms with van der Waals surface area (Å²) in [7, 11) is 0. The molecule has 0 aromatic rings. The highest BCUT2D eigenvalue weighted by atomic mass is 16.4. The van der Waals surface area contributed by atoms with Crippen LogP contribution < -0.4 is 5.32 Å². The number of nitrogens with one attached hydrogen (secondary N) is 1. The topological polar surface area (TPSA) is 73.1 Å². The molecule has 0 aromatic carbocycles. The van der Waals surface area contributed by atoms with Gasteiger partial charge in [0.05, 0.1) is 12.1 Å². The van der Waals surface area contributed by atoms with Crippen LogP contribution in [0.15, 0.2) is 0 Å². The molecule has 2 atom stereocenters. The lowest BCUT2D eigenvalue weighted by atomic mass is 9.98. The molecule has 0 bridgehead atoms. The van der Waals surface area contributed by atoms with Gasteiger partial charge in [0.25, 0.3) is 0 Å². The Balaban J connectivity index is 4.36. The Bertz CT molecular complexity index is 210. The Morgan fingerprint density at radius 3 is 2.58 bits per heavy atom. The first-order valence-electron chi connectivity index (χ1n) is 3.87. The van der Waals surface area contributed by atoms with E-state index in [1.165, 1.54) is 0 Å². The fraction of sp³-hybridized carbons (Fsp3) is 0.750. The van der Waals surface area contributed by atoms with Crippen LogP contribution in [0, 0.1) is 11.3 Å². The van der Waals surface area contributed by atoms with Gasteiger partial charge < -0.3 is 5.11 Å². The Morgan fingerprint density at radius 1 is 1.83 bits per heavy atom. The lowest BCUT2D eigenvalue weighted by Gasteiger charge is -2.25. The van der Waals surface area contributed by atoms with Gasteiger partial charge in [-0.25, -0.2) is 0 Å². The first-order valence-corrected chi connectivity index (χ1v) is 3.87. The molecule has 0 saturated heterocycles. The van der Waals surface area contributed by atoms with E-state index in [0.29, 0.717) is 6.42 Å². The summed E-state index contributed by atoms with van der Waals surface area (Å²) < 4.78 is 0. The van der Waals surface area contributed by atoms with Crippen LogP contribution in [0.25, 0.3) is 0 Å². The van der Waals surface area contributed by atoms with Crippen molar-refractivity contribution < 1.29 is 9.90 Å². The average molecular weight is 170 g/mol. The highest BCUT2D eigenvalue weighted by Crippen LogP contribution is 2.09. The molecule has 68 valence electrons. The third-order valence-electron chi connectivity index (χ3n) is 1.91. The van der Waals surface area contributed by atoms with E-state index < -0.39 is 17.6 Å². The largest absolute Gasteiger partial charge is 0.480 e. The van der Waals surface area contributed by atoms with Crippen LogP contribution in [0.2, 0.25) is 0 Å². The van der Waals surface area contributed by atoms with E-state index in [4.69, 9.17) is 10.4 Å². The molecule has 2 N–H and O–H groups in total. The minimum absolute atomic E-state index is 0.439. The molecule has 0 amide bonds. The fourth-order valence-corrected chi connectivity index (χ4v) is 0.825. The van der Waals surface area contributed by atoms with Gasteiger partial charge in [-0.1, -0.05) is 6.92 Å². The van der Waals surface area contributed by atoms with Gasteiger partial charge in [-0.3, -0.25) is 10.1 Å². The summed E-state index contributed by atoms with van der Waals surface area (Å²) >= 11 is 0. The molecule has 4 heteroatoms. The average Bonchev–Trinajstić information content (AvgIpc) is 2.03. The first kappa shape index (κ1) is 10.9. The lowest BCUT2D eigenvalue weighted by Crippen LogP contribution is -2.52. The summed E-state index contributed by atoms with van der Waals surface area (Å²) in [6.45, 7) is 4.98. The Kier molecular flexibility index (Phi) is 3.71. The van der Waals surface area contributed by atoms with Crippen molar-refractivity contribution >= 4 is 5.97 Å². The quantitative estimate of drug-likeness (QED) is 0.652. The van der Waals surface area contributed by atoms with Crippen LogP contribution in [0.4, 0.5) is 0 Å². The van der Waals surface area contributed by atoms with Crippen molar-refractivity contribution in [2.45, 2.75) is 38.8 Å². The van der Waals surface area contributed by atoms with E-state index in [-0.39, 0.29) is 0 Å². The van der Waals surface area contributed by atoms with Crippen molar-refractivity contribution in [2.75, 3.05) is 0 Å². The molecule has 0 aliphatic rings. The van der Waals surface area contributed by atoms with Crippen LogP contribution in [-0.2, 0) is 4.79 Å². The van der Waals surface area contributed by atoms with Crippen LogP contribution in [0.3, 0.4) is 0 Å². The second kappa shape index (κ2) is 4.07. The maximum Gasteiger partial charge on any atom is 0.323 e. The predicted octanol–water partition coefficient (Wildman–Crippen LogP) is 0.741. The summed E-state index contributed by atoms with van der Waals surface area (Å²) in [5, 5.41) is 20.0. The second-order valence-electron chi connectivity index (χ2n) is 2.99. The van der Waals surface area contributed by atoms with Crippen LogP contribution in [0.5, 0.6) is 0 Å². The molecule has 0 radical (unpaired) electrons. The number of carboxylic acids is 1. The number of rotatable bonds is 4. The number of aliphatic carboxylic acids is 1. The van der Waals surface area contributed by atoms with Gasteiger partial charge in [0.15, 0.2) is 0 Å². The summed E-state index contributed by atoms with van der Waals surface area (Å²) in [5.41, 5.74) is -0.991. The maximum atomic E-state index is 10.7. The van der Waals surface area contributed by atoms with Gasteiger partial charge in [0.2, 0.25) is 0 Å². The maximum absolute atomic E-state index is 10.7. The number of nitriles is 1. The SMILES string of the molecule is CCC(C)(NC(C)C#N)C(=O)O. The minimum atomic E-state index is -0.991. The van der Waals surface area contributed by atoms with Crippen molar-refractivity contribution in [3.05, 3.63) is 0 Å². The van der Waals surface area contributed by atoms with Gasteiger partial charge in [-0.05, 0) is 20.3 Å². The minimum Gasteiger partial charge on any atom is -0.480 e. The summed E-state index contributed by atoms with van der Waals surface area (Å²) in [6.07, 6.45) is 0.453. The molecule has 2 unspecified atom stereocenters. The van der Waals surface area contributed by atoms with Gasteiger partial charge in [0.1, 0.15) is 5.54 Å². The first-order chi connectivity index (χ1) is 5.46. The van der Waals surface area contributed by atoms with Crippen molar-refractivity contribution in [3.63, 3.8) is 0 Å². The molecule has 0 aliphatic carbocycles. The fourth-order valence-electron chi connectivity index (χ4n) is 0.825. The summed E-state index contributed by atoms with van der Waals surface area (Å²) in [4.78, 5) is 10.7. The molecule has 0 heterocycles.